The van der Waals surface area contributed by atoms with Crippen LogP contribution in [0.2, 0.25) is 0 Å². The molecule has 21 heavy (non-hydrogen) atoms. The Bertz CT molecular complexity index is 593. The van der Waals surface area contributed by atoms with Crippen molar-refractivity contribution in [1.82, 2.24) is 5.32 Å². The molecule has 1 fully saturated rings. The van der Waals surface area contributed by atoms with E-state index in [0.717, 1.165) is 37.5 Å². The minimum Gasteiger partial charge on any atom is -0.352 e. The third-order valence-electron chi connectivity index (χ3n) is 3.74. The molecule has 116 valence electrons. The van der Waals surface area contributed by atoms with Gasteiger partial charge in [-0.3, -0.25) is 9.52 Å². The van der Waals surface area contributed by atoms with E-state index in [0.29, 0.717) is 12.2 Å². The van der Waals surface area contributed by atoms with Crippen LogP contribution in [0.4, 0.5) is 5.69 Å². The fourth-order valence-electron chi connectivity index (χ4n) is 2.67. The average molecular weight is 310 g/mol. The number of amides is 1. The first kappa shape index (κ1) is 15.8. The van der Waals surface area contributed by atoms with Gasteiger partial charge < -0.3 is 5.32 Å². The SMILES string of the molecule is CS(=O)(=O)Nc1ccccc1CNC(=O)C1CCCCC1. The van der Waals surface area contributed by atoms with Gasteiger partial charge in [-0.2, -0.15) is 0 Å². The van der Waals surface area contributed by atoms with Crippen LogP contribution in [0.1, 0.15) is 37.7 Å². The van der Waals surface area contributed by atoms with E-state index in [1.807, 2.05) is 12.1 Å². The summed E-state index contributed by atoms with van der Waals surface area (Å²) in [5, 5.41) is 2.92. The number of nitrogens with one attached hydrogen (secondary N) is 2. The maximum absolute atomic E-state index is 12.1. The van der Waals surface area contributed by atoms with Gasteiger partial charge in [-0.1, -0.05) is 37.5 Å². The molecule has 1 aromatic carbocycles. The number of rotatable bonds is 5. The van der Waals surface area contributed by atoms with Gasteiger partial charge in [0.25, 0.3) is 0 Å². The topological polar surface area (TPSA) is 75.3 Å². The molecule has 0 unspecified atom stereocenters. The van der Waals surface area contributed by atoms with Crippen LogP contribution in [-0.2, 0) is 21.4 Å². The van der Waals surface area contributed by atoms with Crippen LogP contribution < -0.4 is 10.0 Å². The molecular formula is C15H22N2O3S. The van der Waals surface area contributed by atoms with Crippen LogP contribution >= 0.6 is 0 Å². The molecule has 0 radical (unpaired) electrons. The first-order valence-corrected chi connectivity index (χ1v) is 9.18. The Morgan fingerprint density at radius 1 is 1.19 bits per heavy atom. The monoisotopic (exact) mass is 310 g/mol. The Morgan fingerprint density at radius 2 is 1.86 bits per heavy atom. The normalized spacial score (nSPS) is 16.4. The van der Waals surface area contributed by atoms with Crippen molar-refractivity contribution < 1.29 is 13.2 Å². The Balaban J connectivity index is 1.98. The van der Waals surface area contributed by atoms with Gasteiger partial charge in [0, 0.05) is 12.5 Å². The summed E-state index contributed by atoms with van der Waals surface area (Å²) in [7, 11) is -3.32. The number of benzene rings is 1. The van der Waals surface area contributed by atoms with Gasteiger partial charge in [0.15, 0.2) is 0 Å². The summed E-state index contributed by atoms with van der Waals surface area (Å²) in [6, 6.07) is 7.10. The first-order chi connectivity index (χ1) is 9.96. The van der Waals surface area contributed by atoms with Crippen LogP contribution in [0.15, 0.2) is 24.3 Å². The number of carbonyl (C=O) groups is 1. The van der Waals surface area contributed by atoms with Crippen LogP contribution in [0, 0.1) is 5.92 Å². The third-order valence-corrected chi connectivity index (χ3v) is 4.33. The number of sulfonamides is 1. The van der Waals surface area contributed by atoms with Crippen molar-refractivity contribution in [2.75, 3.05) is 11.0 Å². The molecule has 1 aromatic rings. The zero-order chi connectivity index (χ0) is 15.3. The number of hydrogen-bond acceptors (Lipinski definition) is 3. The van der Waals surface area contributed by atoms with Crippen molar-refractivity contribution in [2.45, 2.75) is 38.6 Å². The van der Waals surface area contributed by atoms with E-state index in [1.165, 1.54) is 6.42 Å². The lowest BCUT2D eigenvalue weighted by atomic mass is 9.88. The van der Waals surface area contributed by atoms with Crippen LogP contribution in [0.25, 0.3) is 0 Å². The average Bonchev–Trinajstić information content (AvgIpc) is 2.45. The van der Waals surface area contributed by atoms with Gasteiger partial charge in [0.05, 0.1) is 11.9 Å². The lowest BCUT2D eigenvalue weighted by molar-refractivity contribution is -0.126. The van der Waals surface area contributed by atoms with Gasteiger partial charge >= 0.3 is 0 Å². The molecule has 1 saturated carbocycles. The molecule has 0 atom stereocenters. The fourth-order valence-corrected chi connectivity index (χ4v) is 3.26. The first-order valence-electron chi connectivity index (χ1n) is 7.29. The number of anilines is 1. The quantitative estimate of drug-likeness (QED) is 0.876. The van der Waals surface area contributed by atoms with Crippen molar-refractivity contribution in [2.24, 2.45) is 5.92 Å². The van der Waals surface area contributed by atoms with Gasteiger partial charge in [-0.05, 0) is 24.5 Å². The Morgan fingerprint density at radius 3 is 2.52 bits per heavy atom. The largest absolute Gasteiger partial charge is 0.352 e. The standard InChI is InChI=1S/C15H22N2O3S/c1-21(19,20)17-14-10-6-5-9-13(14)11-16-15(18)12-7-3-2-4-8-12/h5-6,9-10,12,17H,2-4,7-8,11H2,1H3,(H,16,18). The molecule has 0 spiro atoms. The van der Waals surface area contributed by atoms with E-state index >= 15 is 0 Å². The minimum absolute atomic E-state index is 0.0730. The van der Waals surface area contributed by atoms with Crippen molar-refractivity contribution in [3.05, 3.63) is 29.8 Å². The van der Waals surface area contributed by atoms with Crippen LogP contribution in [0.3, 0.4) is 0 Å². The summed E-state index contributed by atoms with van der Waals surface area (Å²) in [5.74, 6) is 0.178. The number of hydrogen-bond donors (Lipinski definition) is 2. The Hall–Kier alpha value is -1.56. The number of para-hydroxylation sites is 1. The highest BCUT2D eigenvalue weighted by atomic mass is 32.2. The second-order valence-electron chi connectivity index (χ2n) is 5.58. The molecule has 5 nitrogen and oxygen atoms in total. The van der Waals surface area contributed by atoms with Crippen molar-refractivity contribution in [1.29, 1.82) is 0 Å². The molecule has 1 aliphatic rings. The van der Waals surface area contributed by atoms with E-state index in [1.54, 1.807) is 12.1 Å². The van der Waals surface area contributed by atoms with Crippen molar-refractivity contribution >= 4 is 21.6 Å². The highest BCUT2D eigenvalue weighted by Crippen LogP contribution is 2.24. The second-order valence-corrected chi connectivity index (χ2v) is 7.33. The molecule has 0 heterocycles. The second kappa shape index (κ2) is 6.93. The summed E-state index contributed by atoms with van der Waals surface area (Å²) < 4.78 is 25.2. The zero-order valence-electron chi connectivity index (χ0n) is 12.3. The molecule has 0 aromatic heterocycles. The minimum atomic E-state index is -3.32. The Labute approximate surface area is 126 Å². The summed E-state index contributed by atoms with van der Waals surface area (Å²) in [6.45, 7) is 0.341. The smallest absolute Gasteiger partial charge is 0.229 e. The molecular weight excluding hydrogens is 288 g/mol. The van der Waals surface area contributed by atoms with Crippen molar-refractivity contribution in [3.63, 3.8) is 0 Å². The van der Waals surface area contributed by atoms with Crippen LogP contribution in [-0.4, -0.2) is 20.6 Å². The van der Waals surface area contributed by atoms with Crippen LogP contribution in [0.5, 0.6) is 0 Å². The zero-order valence-corrected chi connectivity index (χ0v) is 13.1. The fraction of sp³-hybridized carbons (Fsp3) is 0.533. The van der Waals surface area contributed by atoms with E-state index in [-0.39, 0.29) is 11.8 Å². The summed E-state index contributed by atoms with van der Waals surface area (Å²) >= 11 is 0. The summed E-state index contributed by atoms with van der Waals surface area (Å²) in [6.07, 6.45) is 6.47. The molecule has 1 aliphatic carbocycles. The van der Waals surface area contributed by atoms with E-state index in [4.69, 9.17) is 0 Å². The third kappa shape index (κ3) is 5.04. The maximum atomic E-state index is 12.1. The molecule has 6 heteroatoms. The molecule has 2 rings (SSSR count). The van der Waals surface area contributed by atoms with Gasteiger partial charge in [0.1, 0.15) is 0 Å². The van der Waals surface area contributed by atoms with Crippen molar-refractivity contribution in [3.8, 4) is 0 Å². The lowest BCUT2D eigenvalue weighted by Gasteiger charge is -2.21. The lowest BCUT2D eigenvalue weighted by Crippen LogP contribution is -2.31. The Kier molecular flexibility index (Phi) is 5.22. The highest BCUT2D eigenvalue weighted by Gasteiger charge is 2.20. The molecule has 0 saturated heterocycles. The van der Waals surface area contributed by atoms with Gasteiger partial charge in [0.2, 0.25) is 15.9 Å². The molecule has 1 amide bonds. The summed E-state index contributed by atoms with van der Waals surface area (Å²) in [5.41, 5.74) is 1.29. The highest BCUT2D eigenvalue weighted by molar-refractivity contribution is 7.92. The predicted molar refractivity (Wildman–Crippen MR) is 83.3 cm³/mol. The van der Waals surface area contributed by atoms with E-state index in [9.17, 15) is 13.2 Å². The number of carbonyl (C=O) groups excluding carboxylic acids is 1. The van der Waals surface area contributed by atoms with E-state index < -0.39 is 10.0 Å². The maximum Gasteiger partial charge on any atom is 0.229 e. The predicted octanol–water partition coefficient (Wildman–Crippen LogP) is 2.25. The van der Waals surface area contributed by atoms with E-state index in [2.05, 4.69) is 10.0 Å². The van der Waals surface area contributed by atoms with Gasteiger partial charge in [-0.25, -0.2) is 8.42 Å². The summed E-state index contributed by atoms with van der Waals surface area (Å²) in [4.78, 5) is 12.1. The molecule has 2 N–H and O–H groups in total. The van der Waals surface area contributed by atoms with Gasteiger partial charge in [-0.15, -0.1) is 0 Å². The molecule has 0 bridgehead atoms. The molecule has 0 aliphatic heterocycles.